The van der Waals surface area contributed by atoms with Crippen LogP contribution in [0.4, 0.5) is 0 Å². The van der Waals surface area contributed by atoms with Gasteiger partial charge in [-0.1, -0.05) is 67.3 Å². The zero-order chi connectivity index (χ0) is 16.7. The minimum Gasteiger partial charge on any atom is -0.462 e. The van der Waals surface area contributed by atoms with Gasteiger partial charge in [0.25, 0.3) is 0 Å². The Kier molecular flexibility index (Phi) is 5.49. The number of rotatable bonds is 5. The second kappa shape index (κ2) is 7.77. The molecule has 0 saturated heterocycles. The lowest BCUT2D eigenvalue weighted by atomic mass is 9.93. The molecular formula is C20H17NO2. The molecule has 0 atom stereocenters. The molecule has 0 spiro atoms. The zero-order valence-electron chi connectivity index (χ0n) is 13.0. The van der Waals surface area contributed by atoms with Gasteiger partial charge >= 0.3 is 5.97 Å². The van der Waals surface area contributed by atoms with Crippen LogP contribution in [0.5, 0.6) is 0 Å². The number of hydrogen-bond donors (Lipinski definition) is 0. The van der Waals surface area contributed by atoms with Crippen molar-refractivity contribution in [2.45, 2.75) is 6.92 Å². The molecule has 0 saturated carbocycles. The summed E-state index contributed by atoms with van der Waals surface area (Å²) in [6.07, 6.45) is 1.74. The number of hydrogen-bond acceptors (Lipinski definition) is 3. The summed E-state index contributed by atoms with van der Waals surface area (Å²) in [5, 5.41) is 9.49. The first-order valence-electron chi connectivity index (χ1n) is 7.31. The number of esters is 1. The Labute approximate surface area is 136 Å². The normalized spacial score (nSPS) is 11.1. The Morgan fingerprint density at radius 2 is 1.74 bits per heavy atom. The molecule has 0 N–H and O–H groups in total. The van der Waals surface area contributed by atoms with Crippen LogP contribution in [0.2, 0.25) is 0 Å². The van der Waals surface area contributed by atoms with Crippen molar-refractivity contribution >= 4 is 17.6 Å². The van der Waals surface area contributed by atoms with Crippen LogP contribution in [0.3, 0.4) is 0 Å². The largest absolute Gasteiger partial charge is 0.462 e. The van der Waals surface area contributed by atoms with Crippen LogP contribution in [0.1, 0.15) is 23.6 Å². The van der Waals surface area contributed by atoms with E-state index < -0.39 is 5.97 Å². The van der Waals surface area contributed by atoms with Crippen molar-refractivity contribution in [3.8, 4) is 6.07 Å². The van der Waals surface area contributed by atoms with E-state index in [9.17, 15) is 10.1 Å². The van der Waals surface area contributed by atoms with Gasteiger partial charge in [-0.05, 0) is 23.6 Å². The molecule has 23 heavy (non-hydrogen) atoms. The van der Waals surface area contributed by atoms with E-state index in [1.165, 1.54) is 0 Å². The average molecular weight is 303 g/mol. The minimum absolute atomic E-state index is 0.00408. The van der Waals surface area contributed by atoms with E-state index in [0.717, 1.165) is 16.7 Å². The molecule has 0 fully saturated rings. The van der Waals surface area contributed by atoms with Gasteiger partial charge in [0.1, 0.15) is 11.6 Å². The highest BCUT2D eigenvalue weighted by Crippen LogP contribution is 2.28. The Morgan fingerprint density at radius 3 is 2.26 bits per heavy atom. The molecule has 2 aromatic carbocycles. The lowest BCUT2D eigenvalue weighted by Crippen LogP contribution is -2.09. The number of nitriles is 1. The summed E-state index contributed by atoms with van der Waals surface area (Å²) in [5.41, 5.74) is 3.12. The lowest BCUT2D eigenvalue weighted by Gasteiger charge is -2.11. The Bertz CT molecular complexity index is 766. The van der Waals surface area contributed by atoms with E-state index in [1.807, 2.05) is 60.7 Å². The molecule has 0 aliphatic rings. The molecule has 0 aliphatic carbocycles. The minimum atomic E-state index is -0.610. The fraction of sp³-hybridized carbons (Fsp3) is 0.100. The van der Waals surface area contributed by atoms with Crippen LogP contribution in [-0.4, -0.2) is 12.6 Å². The van der Waals surface area contributed by atoms with Crippen molar-refractivity contribution in [2.24, 2.45) is 0 Å². The molecule has 0 amide bonds. The summed E-state index contributed by atoms with van der Waals surface area (Å²) < 4.78 is 5.03. The van der Waals surface area contributed by atoms with Gasteiger partial charge in [0, 0.05) is 5.57 Å². The smallest absolute Gasteiger partial charge is 0.349 e. The molecule has 0 aromatic heterocycles. The highest BCUT2D eigenvalue weighted by molar-refractivity contribution is 6.05. The third-order valence-electron chi connectivity index (χ3n) is 3.34. The molecule has 0 bridgehead atoms. The highest BCUT2D eigenvalue weighted by atomic mass is 16.5. The fourth-order valence-corrected chi connectivity index (χ4v) is 2.25. The van der Waals surface area contributed by atoms with Crippen LogP contribution in [0.15, 0.2) is 66.7 Å². The Morgan fingerprint density at radius 1 is 1.13 bits per heavy atom. The number of benzene rings is 2. The van der Waals surface area contributed by atoms with Crippen molar-refractivity contribution in [2.75, 3.05) is 6.61 Å². The van der Waals surface area contributed by atoms with Crippen LogP contribution < -0.4 is 0 Å². The van der Waals surface area contributed by atoms with E-state index in [2.05, 4.69) is 6.58 Å². The summed E-state index contributed by atoms with van der Waals surface area (Å²) in [6, 6.07) is 18.9. The third kappa shape index (κ3) is 3.75. The molecular weight excluding hydrogens is 286 g/mol. The lowest BCUT2D eigenvalue weighted by molar-refractivity contribution is -0.137. The van der Waals surface area contributed by atoms with E-state index in [4.69, 9.17) is 4.74 Å². The van der Waals surface area contributed by atoms with Gasteiger partial charge in [0.2, 0.25) is 0 Å². The highest BCUT2D eigenvalue weighted by Gasteiger charge is 2.19. The Hall–Kier alpha value is -3.12. The first-order chi connectivity index (χ1) is 11.2. The Balaban J connectivity index is 2.66. The molecule has 0 unspecified atom stereocenters. The van der Waals surface area contributed by atoms with Crippen LogP contribution in [-0.2, 0) is 9.53 Å². The van der Waals surface area contributed by atoms with Gasteiger partial charge in [-0.3, -0.25) is 0 Å². The summed E-state index contributed by atoms with van der Waals surface area (Å²) in [7, 11) is 0. The predicted octanol–water partition coefficient (Wildman–Crippen LogP) is 4.22. The molecule has 0 radical (unpaired) electrons. The third-order valence-corrected chi connectivity index (χ3v) is 3.34. The van der Waals surface area contributed by atoms with Crippen molar-refractivity contribution < 1.29 is 9.53 Å². The van der Waals surface area contributed by atoms with E-state index in [0.29, 0.717) is 5.57 Å². The monoisotopic (exact) mass is 303 g/mol. The second-order valence-corrected chi connectivity index (χ2v) is 4.77. The standard InChI is InChI=1S/C20H17NO2/c1-3-15-10-12-17(13-11-15)19(16-8-6-5-7-9-16)18(14-21)20(22)23-4-2/h3,5-13H,1,4H2,2H3. The van der Waals surface area contributed by atoms with Gasteiger partial charge in [0.05, 0.1) is 6.61 Å². The summed E-state index contributed by atoms with van der Waals surface area (Å²) in [4.78, 5) is 12.2. The number of nitrogens with zero attached hydrogens (tertiary/aromatic N) is 1. The zero-order valence-corrected chi connectivity index (χ0v) is 13.0. The molecule has 2 rings (SSSR count). The maximum Gasteiger partial charge on any atom is 0.349 e. The van der Waals surface area contributed by atoms with E-state index in [1.54, 1.807) is 13.0 Å². The second-order valence-electron chi connectivity index (χ2n) is 4.77. The quantitative estimate of drug-likeness (QED) is 0.472. The predicted molar refractivity (Wildman–Crippen MR) is 91.2 cm³/mol. The van der Waals surface area contributed by atoms with Crippen LogP contribution in [0.25, 0.3) is 11.6 Å². The summed E-state index contributed by atoms with van der Waals surface area (Å²) in [6.45, 7) is 5.67. The van der Waals surface area contributed by atoms with Gasteiger partial charge in [-0.25, -0.2) is 4.79 Å². The molecule has 3 heteroatoms. The summed E-state index contributed by atoms with van der Waals surface area (Å²) >= 11 is 0. The van der Waals surface area contributed by atoms with Gasteiger partial charge in [-0.15, -0.1) is 0 Å². The number of carbonyl (C=O) groups is 1. The SMILES string of the molecule is C=Cc1ccc(C(=C(C#N)C(=O)OCC)c2ccccc2)cc1. The number of ether oxygens (including phenoxy) is 1. The van der Waals surface area contributed by atoms with Crippen molar-refractivity contribution in [1.29, 1.82) is 5.26 Å². The number of carbonyl (C=O) groups excluding carboxylic acids is 1. The first-order valence-corrected chi connectivity index (χ1v) is 7.31. The maximum atomic E-state index is 12.2. The molecule has 114 valence electrons. The fourth-order valence-electron chi connectivity index (χ4n) is 2.25. The van der Waals surface area contributed by atoms with Crippen molar-refractivity contribution in [1.82, 2.24) is 0 Å². The van der Waals surface area contributed by atoms with Gasteiger partial charge in [-0.2, -0.15) is 5.26 Å². The topological polar surface area (TPSA) is 50.1 Å². The summed E-state index contributed by atoms with van der Waals surface area (Å²) in [5.74, 6) is -0.610. The first kappa shape index (κ1) is 16.3. The van der Waals surface area contributed by atoms with Crippen molar-refractivity contribution in [3.05, 3.63) is 83.4 Å². The maximum absolute atomic E-state index is 12.2. The van der Waals surface area contributed by atoms with E-state index >= 15 is 0 Å². The molecule has 0 aliphatic heterocycles. The van der Waals surface area contributed by atoms with Crippen LogP contribution in [0, 0.1) is 11.3 Å². The van der Waals surface area contributed by atoms with Crippen LogP contribution >= 0.6 is 0 Å². The average Bonchev–Trinajstić information content (AvgIpc) is 2.60. The van der Waals surface area contributed by atoms with Gasteiger partial charge in [0.15, 0.2) is 0 Å². The molecule has 2 aromatic rings. The molecule has 3 nitrogen and oxygen atoms in total. The molecule has 0 heterocycles. The van der Waals surface area contributed by atoms with Crippen molar-refractivity contribution in [3.63, 3.8) is 0 Å². The van der Waals surface area contributed by atoms with Gasteiger partial charge < -0.3 is 4.74 Å². The van der Waals surface area contributed by atoms with E-state index in [-0.39, 0.29) is 12.2 Å².